The molecule has 3 rings (SSSR count). The number of hydrogen-bond acceptors (Lipinski definition) is 4. The lowest BCUT2D eigenvalue weighted by molar-refractivity contribution is -0.127. The molecule has 0 bridgehead atoms. The lowest BCUT2D eigenvalue weighted by Crippen LogP contribution is -2.46. The van der Waals surface area contributed by atoms with Gasteiger partial charge >= 0.3 is 6.09 Å². The number of benzene rings is 1. The minimum absolute atomic E-state index is 0.0436. The number of nitrogens with one attached hydrogen (secondary N) is 1. The van der Waals surface area contributed by atoms with E-state index >= 15 is 0 Å². The van der Waals surface area contributed by atoms with Crippen LogP contribution >= 0.6 is 0 Å². The smallest absolute Gasteiger partial charge is 0.410 e. The van der Waals surface area contributed by atoms with Gasteiger partial charge in [0, 0.05) is 24.3 Å². The van der Waals surface area contributed by atoms with Gasteiger partial charge in [-0.15, -0.1) is 0 Å². The number of carbonyl (C=O) groups excluding carboxylic acids is 2. The van der Waals surface area contributed by atoms with Crippen molar-refractivity contribution in [3.8, 4) is 0 Å². The Labute approximate surface area is 148 Å². The molecule has 6 nitrogen and oxygen atoms in total. The summed E-state index contributed by atoms with van der Waals surface area (Å²) in [6.07, 6.45) is 0.237. The first-order valence-electron chi connectivity index (χ1n) is 8.82. The molecule has 136 valence electrons. The minimum atomic E-state index is -0.803. The Kier molecular flexibility index (Phi) is 4.73. The Bertz CT molecular complexity index is 660. The number of amides is 2. The first kappa shape index (κ1) is 17.7. The van der Waals surface area contributed by atoms with E-state index in [1.54, 1.807) is 11.0 Å². The molecule has 0 saturated carbocycles. The summed E-state index contributed by atoms with van der Waals surface area (Å²) < 4.78 is 5.40. The molecular formula is C19H26N2O4. The van der Waals surface area contributed by atoms with Crippen molar-refractivity contribution in [2.24, 2.45) is 11.8 Å². The van der Waals surface area contributed by atoms with E-state index in [9.17, 15) is 14.7 Å². The maximum absolute atomic E-state index is 12.5. The summed E-state index contributed by atoms with van der Waals surface area (Å²) in [4.78, 5) is 26.3. The Morgan fingerprint density at radius 2 is 1.88 bits per heavy atom. The van der Waals surface area contributed by atoms with Crippen LogP contribution in [0.5, 0.6) is 0 Å². The molecule has 1 fully saturated rings. The van der Waals surface area contributed by atoms with Crippen molar-refractivity contribution in [2.75, 3.05) is 18.4 Å². The van der Waals surface area contributed by atoms with Crippen molar-refractivity contribution in [1.29, 1.82) is 0 Å². The Hall–Kier alpha value is -2.08. The van der Waals surface area contributed by atoms with Crippen molar-refractivity contribution in [2.45, 2.75) is 45.3 Å². The van der Waals surface area contributed by atoms with Crippen molar-refractivity contribution in [3.63, 3.8) is 0 Å². The second kappa shape index (κ2) is 6.67. The van der Waals surface area contributed by atoms with Crippen LogP contribution in [-0.2, 0) is 9.53 Å². The molecule has 0 aliphatic carbocycles. The number of ether oxygens (including phenoxy) is 1. The molecular weight excluding hydrogens is 320 g/mol. The minimum Gasteiger partial charge on any atom is -0.444 e. The van der Waals surface area contributed by atoms with Crippen LogP contribution in [-0.4, -0.2) is 40.7 Å². The van der Waals surface area contributed by atoms with Gasteiger partial charge < -0.3 is 20.1 Å². The van der Waals surface area contributed by atoms with Crippen molar-refractivity contribution in [1.82, 2.24) is 4.90 Å². The Morgan fingerprint density at radius 1 is 1.24 bits per heavy atom. The van der Waals surface area contributed by atoms with E-state index in [1.165, 1.54) is 0 Å². The quantitative estimate of drug-likeness (QED) is 0.819. The lowest BCUT2D eigenvalue weighted by Gasteiger charge is -2.39. The van der Waals surface area contributed by atoms with Crippen LogP contribution in [0, 0.1) is 11.8 Å². The molecule has 25 heavy (non-hydrogen) atoms. The van der Waals surface area contributed by atoms with Gasteiger partial charge in [-0.2, -0.15) is 0 Å². The van der Waals surface area contributed by atoms with E-state index in [0.717, 1.165) is 5.56 Å². The summed E-state index contributed by atoms with van der Waals surface area (Å²) in [6, 6.07) is 7.35. The number of piperidine rings is 1. The highest BCUT2D eigenvalue weighted by Crippen LogP contribution is 2.41. The molecule has 0 unspecified atom stereocenters. The van der Waals surface area contributed by atoms with Gasteiger partial charge in [0.1, 0.15) is 5.60 Å². The molecule has 2 N–H and O–H groups in total. The van der Waals surface area contributed by atoms with Gasteiger partial charge in [-0.3, -0.25) is 4.79 Å². The molecule has 0 spiro atoms. The third-order valence-corrected chi connectivity index (χ3v) is 4.88. The fourth-order valence-electron chi connectivity index (χ4n) is 3.66. The Morgan fingerprint density at radius 3 is 2.52 bits per heavy atom. The van der Waals surface area contributed by atoms with Gasteiger partial charge in [-0.25, -0.2) is 4.79 Å². The lowest BCUT2D eigenvalue weighted by atomic mass is 9.76. The van der Waals surface area contributed by atoms with Crippen LogP contribution in [0.3, 0.4) is 0 Å². The van der Waals surface area contributed by atoms with Crippen molar-refractivity contribution in [3.05, 3.63) is 29.8 Å². The normalized spacial score (nSPS) is 24.5. The van der Waals surface area contributed by atoms with Crippen LogP contribution < -0.4 is 5.32 Å². The first-order valence-corrected chi connectivity index (χ1v) is 8.82. The third-order valence-electron chi connectivity index (χ3n) is 4.88. The summed E-state index contributed by atoms with van der Waals surface area (Å²) in [5, 5.41) is 13.6. The van der Waals surface area contributed by atoms with Crippen LogP contribution in [0.25, 0.3) is 0 Å². The van der Waals surface area contributed by atoms with E-state index in [2.05, 4.69) is 5.32 Å². The van der Waals surface area contributed by atoms with Gasteiger partial charge in [0.2, 0.25) is 5.91 Å². The number of likely N-dealkylation sites (tertiary alicyclic amines) is 1. The molecule has 2 aliphatic rings. The standard InChI is InChI=1S/C19H26N2O4/c1-19(2,3)25-18(24)21-10-8-12(9-11-21)15-16(22)13-6-4-5-7-14(13)20-17(15)23/h4-7,12,15-16,22H,8-11H2,1-3H3,(H,20,23)/t15-,16+/m0/s1. The number of hydrogen-bond donors (Lipinski definition) is 2. The fourth-order valence-corrected chi connectivity index (χ4v) is 3.66. The first-order chi connectivity index (χ1) is 11.8. The van der Waals surface area contributed by atoms with Crippen LogP contribution in [0.1, 0.15) is 45.3 Å². The molecule has 0 aromatic heterocycles. The molecule has 2 aliphatic heterocycles. The number of para-hydroxylation sites is 1. The van der Waals surface area contributed by atoms with E-state index < -0.39 is 17.6 Å². The van der Waals surface area contributed by atoms with E-state index in [-0.39, 0.29) is 17.9 Å². The van der Waals surface area contributed by atoms with Gasteiger partial charge in [0.15, 0.2) is 0 Å². The highest BCUT2D eigenvalue weighted by molar-refractivity contribution is 5.96. The van der Waals surface area contributed by atoms with Crippen molar-refractivity contribution >= 4 is 17.7 Å². The predicted molar refractivity (Wildman–Crippen MR) is 94.1 cm³/mol. The molecule has 2 amide bonds. The zero-order valence-corrected chi connectivity index (χ0v) is 15.0. The Balaban J connectivity index is 1.65. The third kappa shape index (κ3) is 3.79. The molecule has 1 aromatic carbocycles. The number of nitrogens with zero attached hydrogens (tertiary/aromatic N) is 1. The summed E-state index contributed by atoms with van der Waals surface area (Å²) in [5.41, 5.74) is 0.931. The second-order valence-electron chi connectivity index (χ2n) is 7.85. The largest absolute Gasteiger partial charge is 0.444 e. The zero-order chi connectivity index (χ0) is 18.2. The fraction of sp³-hybridized carbons (Fsp3) is 0.579. The number of aliphatic hydroxyl groups excluding tert-OH is 1. The highest BCUT2D eigenvalue weighted by Gasteiger charge is 2.41. The van der Waals surface area contributed by atoms with E-state index in [1.807, 2.05) is 39.0 Å². The topological polar surface area (TPSA) is 78.9 Å². The highest BCUT2D eigenvalue weighted by atomic mass is 16.6. The number of anilines is 1. The molecule has 6 heteroatoms. The van der Waals surface area contributed by atoms with Crippen molar-refractivity contribution < 1.29 is 19.4 Å². The summed E-state index contributed by atoms with van der Waals surface area (Å²) >= 11 is 0. The van der Waals surface area contributed by atoms with Crippen LogP contribution in [0.2, 0.25) is 0 Å². The average molecular weight is 346 g/mol. The molecule has 1 saturated heterocycles. The number of fused-ring (bicyclic) bond motifs is 1. The monoisotopic (exact) mass is 346 g/mol. The number of carbonyl (C=O) groups is 2. The van der Waals surface area contributed by atoms with Gasteiger partial charge in [0.05, 0.1) is 12.0 Å². The van der Waals surface area contributed by atoms with Gasteiger partial charge in [0.25, 0.3) is 0 Å². The van der Waals surface area contributed by atoms with Gasteiger partial charge in [-0.05, 0) is 45.6 Å². The maximum Gasteiger partial charge on any atom is 0.410 e. The number of rotatable bonds is 1. The summed E-state index contributed by atoms with van der Waals surface area (Å²) in [7, 11) is 0. The predicted octanol–water partition coefficient (Wildman–Crippen LogP) is 2.94. The van der Waals surface area contributed by atoms with Crippen LogP contribution in [0.15, 0.2) is 24.3 Å². The molecule has 2 heterocycles. The maximum atomic E-state index is 12.5. The molecule has 2 atom stereocenters. The summed E-state index contributed by atoms with van der Waals surface area (Å²) in [6.45, 7) is 6.61. The average Bonchev–Trinajstić information content (AvgIpc) is 2.54. The van der Waals surface area contributed by atoms with E-state index in [4.69, 9.17) is 4.74 Å². The zero-order valence-electron chi connectivity index (χ0n) is 15.0. The SMILES string of the molecule is CC(C)(C)OC(=O)N1CCC([C@@H]2C(=O)Nc3ccccc3[C@H]2O)CC1. The molecule has 1 aromatic rings. The molecule has 0 radical (unpaired) electrons. The van der Waals surface area contributed by atoms with Gasteiger partial charge in [-0.1, -0.05) is 18.2 Å². The van der Waals surface area contributed by atoms with E-state index in [0.29, 0.717) is 31.6 Å². The number of aliphatic hydroxyl groups is 1. The summed E-state index contributed by atoms with van der Waals surface area (Å²) in [5.74, 6) is -0.570. The second-order valence-corrected chi connectivity index (χ2v) is 7.85. The van der Waals surface area contributed by atoms with Crippen LogP contribution in [0.4, 0.5) is 10.5 Å².